The molecule has 1 fully saturated rings. The van der Waals surface area contributed by atoms with Crippen molar-refractivity contribution in [2.75, 3.05) is 26.2 Å². The Morgan fingerprint density at radius 1 is 0.767 bits per heavy atom. The number of nitrogens with zero attached hydrogens (tertiary/aromatic N) is 2. The van der Waals surface area contributed by atoms with Crippen LogP contribution in [-0.2, 0) is 48.0 Å². The fourth-order valence-electron chi connectivity index (χ4n) is 9.15. The number of carbonyl (C=O) groups excluding carboxylic acids is 7. The van der Waals surface area contributed by atoms with E-state index in [1.54, 1.807) is 32.3 Å². The average molecular weight is 995 g/mol. The first-order chi connectivity index (χ1) is 35.1. The Morgan fingerprint density at radius 2 is 1.33 bits per heavy atom. The molecule has 2 aromatic heterocycles. The molecule has 1 aliphatic heterocycles. The van der Waals surface area contributed by atoms with Crippen molar-refractivity contribution in [3.8, 4) is 11.8 Å². The number of para-hydroxylation sites is 2. The molecule has 0 radical (unpaired) electrons. The van der Waals surface area contributed by atoms with Crippen molar-refractivity contribution in [1.82, 2.24) is 51.9 Å². The molecule has 2 unspecified atom stereocenters. The van der Waals surface area contributed by atoms with Gasteiger partial charge < -0.3 is 48.0 Å². The number of hydrazine groups is 1. The number of aromatic nitrogens is 2. The Morgan fingerprint density at radius 3 is 1.95 bits per heavy atom. The number of fused-ring (bicyclic) bond motifs is 3. The van der Waals surface area contributed by atoms with Crippen LogP contribution in [0.1, 0.15) is 56.7 Å². The number of hydrogen-bond acceptors (Lipinski definition) is 9. The van der Waals surface area contributed by atoms with Gasteiger partial charge in [0.15, 0.2) is 0 Å². The summed E-state index contributed by atoms with van der Waals surface area (Å²) in [4.78, 5) is 107. The van der Waals surface area contributed by atoms with E-state index in [9.17, 15) is 33.6 Å². The lowest BCUT2D eigenvalue weighted by atomic mass is 10.0. The normalized spacial score (nSPS) is 23.5. The summed E-state index contributed by atoms with van der Waals surface area (Å²) in [6.07, 6.45) is 6.60. The van der Waals surface area contributed by atoms with Crippen LogP contribution >= 0.6 is 0 Å². The van der Waals surface area contributed by atoms with Gasteiger partial charge in [0.25, 0.3) is 5.91 Å². The summed E-state index contributed by atoms with van der Waals surface area (Å²) in [5.41, 5.74) is 17.1. The van der Waals surface area contributed by atoms with Gasteiger partial charge in [-0.15, -0.1) is 6.58 Å². The number of carbonyl (C=O) groups is 7. The summed E-state index contributed by atoms with van der Waals surface area (Å²) in [7, 11) is 0. The minimum absolute atomic E-state index is 0.0255. The molecule has 19 nitrogen and oxygen atoms in total. The molecule has 2 aliphatic rings. The summed E-state index contributed by atoms with van der Waals surface area (Å²) in [6, 6.07) is 17.0. The van der Waals surface area contributed by atoms with Crippen molar-refractivity contribution in [1.29, 1.82) is 0 Å². The van der Waals surface area contributed by atoms with E-state index in [4.69, 9.17) is 11.5 Å². The fourth-order valence-corrected chi connectivity index (χ4v) is 9.15. The first-order valence-corrected chi connectivity index (χ1v) is 24.7. The summed E-state index contributed by atoms with van der Waals surface area (Å²) in [5, 5.41) is 16.7. The monoisotopic (exact) mass is 995 g/mol. The van der Waals surface area contributed by atoms with Gasteiger partial charge in [0.2, 0.25) is 29.5 Å². The zero-order valence-corrected chi connectivity index (χ0v) is 41.5. The topological polar surface area (TPSA) is 282 Å². The Balaban J connectivity index is 1.23. The predicted molar refractivity (Wildman–Crippen MR) is 277 cm³/mol. The molecule has 0 bridgehead atoms. The Labute approximate surface area is 424 Å². The molecule has 7 atom stereocenters. The van der Waals surface area contributed by atoms with Crippen LogP contribution in [0, 0.1) is 23.7 Å². The van der Waals surface area contributed by atoms with Gasteiger partial charge >= 0.3 is 6.03 Å². The van der Waals surface area contributed by atoms with Crippen LogP contribution in [0.3, 0.4) is 0 Å². The molecular weight excluding hydrogens is 929 g/mol. The molecule has 1 saturated carbocycles. The predicted octanol–water partition coefficient (Wildman–Crippen LogP) is 2.19. The minimum atomic E-state index is -1.35. The number of urea groups is 1. The average Bonchev–Trinajstić information content (AvgIpc) is 3.68. The molecule has 8 amide bonds. The third-order valence-electron chi connectivity index (χ3n) is 13.6. The third kappa shape index (κ3) is 13.3. The molecule has 3 heterocycles. The first-order valence-electron chi connectivity index (χ1n) is 24.7. The molecule has 0 spiro atoms. The smallest absolute Gasteiger partial charge is 0.337 e. The lowest BCUT2D eigenvalue weighted by Crippen LogP contribution is -2.61. The number of H-pyrrole nitrogens is 2. The number of amides is 8. The second-order valence-electron chi connectivity index (χ2n) is 19.2. The highest BCUT2D eigenvalue weighted by Gasteiger charge is 2.60. The van der Waals surface area contributed by atoms with Crippen molar-refractivity contribution in [3.63, 3.8) is 0 Å². The molecule has 73 heavy (non-hydrogen) atoms. The number of primary amides is 1. The molecule has 12 N–H and O–H groups in total. The van der Waals surface area contributed by atoms with Crippen LogP contribution in [-0.4, -0.2) is 123 Å². The second kappa shape index (κ2) is 24.0. The van der Waals surface area contributed by atoms with E-state index in [0.29, 0.717) is 43.5 Å². The summed E-state index contributed by atoms with van der Waals surface area (Å²) in [5.74, 6) is 1.33. The van der Waals surface area contributed by atoms with Crippen molar-refractivity contribution in [2.24, 2.45) is 23.3 Å². The number of nitrogens with two attached hydrogens (primary N) is 2. The molecule has 384 valence electrons. The number of nitrogens with one attached hydrogen (secondary N) is 8. The van der Waals surface area contributed by atoms with Gasteiger partial charge in [-0.05, 0) is 73.4 Å². The number of rotatable bonds is 12. The van der Waals surface area contributed by atoms with Crippen molar-refractivity contribution < 1.29 is 33.6 Å². The van der Waals surface area contributed by atoms with Crippen LogP contribution in [0.4, 0.5) is 4.79 Å². The lowest BCUT2D eigenvalue weighted by Gasteiger charge is -2.28. The number of aromatic amines is 2. The van der Waals surface area contributed by atoms with Crippen molar-refractivity contribution in [2.45, 2.75) is 95.0 Å². The molecule has 5 aromatic rings. The van der Waals surface area contributed by atoms with E-state index < -0.39 is 77.2 Å². The number of hydrogen-bond donors (Lipinski definition) is 10. The Hall–Kier alpha value is -7.95. The van der Waals surface area contributed by atoms with Crippen molar-refractivity contribution in [3.05, 3.63) is 121 Å². The highest BCUT2D eigenvalue weighted by molar-refractivity contribution is 5.99. The zero-order valence-electron chi connectivity index (χ0n) is 41.5. The molecule has 3 aromatic carbocycles. The molecule has 0 saturated heterocycles. The summed E-state index contributed by atoms with van der Waals surface area (Å²) >= 11 is 0. The van der Waals surface area contributed by atoms with Gasteiger partial charge in [0.05, 0.1) is 12.6 Å². The van der Waals surface area contributed by atoms with Gasteiger partial charge in [-0.2, -0.15) is 0 Å². The first kappa shape index (κ1) is 52.9. The van der Waals surface area contributed by atoms with Crippen LogP contribution in [0.2, 0.25) is 0 Å². The van der Waals surface area contributed by atoms with E-state index in [0.717, 1.165) is 32.4 Å². The van der Waals surface area contributed by atoms with Gasteiger partial charge in [-0.25, -0.2) is 9.80 Å². The maximum Gasteiger partial charge on any atom is 0.337 e. The standard InChI is InChI=1S/C54H66N12O7/c1-5-23-65-24-13-14-26-66(64-51(71)46(55)33(2)3)53(73)62-45(29-37-32-58-42-22-12-10-20-40(37)42)48(68)59-34(4)47(67)60-44(28-36-31-57-41-21-11-9-19-39(36)41)49(69)61-43(27-35-16-7-6-8-17-35)50(70)63-54(52(56)72)30-38(54)18-15-25-65/h5-12,16-17,19-22,31-34,38,43-46,57-58H,1,15,18,23-30,55H2,2-4H3,(H2,56,72)(H,59,68)(H,60,67)(H,61,69)(H,62,73)(H,63,70)(H,64,71)/t34-,38?,43+,44-,45+,46+,54?/m0/s1. The van der Waals surface area contributed by atoms with Crippen LogP contribution < -0.4 is 43.5 Å². The lowest BCUT2D eigenvalue weighted by molar-refractivity contribution is -0.134. The SMILES string of the molecule is C=CCN1CC#CCN(NC(=O)[C@H](N)C(C)C)C(=O)N[C@H](Cc2c[nH]c3ccccc23)C(=O)N[C@@H](C)C(=O)N[C@@H](Cc2c[nH]c3ccccc23)C(=O)N[C@H](Cc2ccccc2)C(=O)NC2(C(N)=O)CC2CCC1. The van der Waals surface area contributed by atoms with E-state index in [1.165, 1.54) is 6.92 Å². The maximum absolute atomic E-state index is 14.7. The fraction of sp³-hybridized carbons (Fsp3) is 0.389. The summed E-state index contributed by atoms with van der Waals surface area (Å²) in [6.45, 7) is 9.81. The zero-order chi connectivity index (χ0) is 52.2. The molecular formula is C54H66N12O7. The molecule has 19 heteroatoms. The largest absolute Gasteiger partial charge is 0.368 e. The van der Waals surface area contributed by atoms with Gasteiger partial charge in [-0.3, -0.25) is 39.1 Å². The summed E-state index contributed by atoms with van der Waals surface area (Å²) < 4.78 is 0. The quantitative estimate of drug-likeness (QED) is 0.0647. The minimum Gasteiger partial charge on any atom is -0.368 e. The Kier molecular flexibility index (Phi) is 17.4. The second-order valence-corrected chi connectivity index (χ2v) is 19.2. The highest BCUT2D eigenvalue weighted by atomic mass is 16.2. The van der Waals surface area contributed by atoms with Gasteiger partial charge in [0.1, 0.15) is 36.3 Å². The van der Waals surface area contributed by atoms with Gasteiger partial charge in [0, 0.05) is 60.0 Å². The molecule has 7 rings (SSSR count). The van der Waals surface area contributed by atoms with E-state index in [2.05, 4.69) is 60.4 Å². The molecule has 1 aliphatic carbocycles. The van der Waals surface area contributed by atoms with E-state index in [-0.39, 0.29) is 44.2 Å². The van der Waals surface area contributed by atoms with Crippen LogP contribution in [0.25, 0.3) is 21.8 Å². The Bertz CT molecular complexity index is 2890. The van der Waals surface area contributed by atoms with Gasteiger partial charge in [-0.1, -0.05) is 98.5 Å². The maximum atomic E-state index is 14.7. The van der Waals surface area contributed by atoms with Crippen LogP contribution in [0.15, 0.2) is 104 Å². The number of benzene rings is 3. The third-order valence-corrected chi connectivity index (χ3v) is 13.6. The van der Waals surface area contributed by atoms with E-state index >= 15 is 0 Å². The van der Waals surface area contributed by atoms with E-state index in [1.807, 2.05) is 83.8 Å². The van der Waals surface area contributed by atoms with Crippen molar-refractivity contribution >= 4 is 63.3 Å². The van der Waals surface area contributed by atoms with Crippen LogP contribution in [0.5, 0.6) is 0 Å². The highest BCUT2D eigenvalue weighted by Crippen LogP contribution is 2.46.